The van der Waals surface area contributed by atoms with Crippen molar-refractivity contribution in [1.29, 1.82) is 0 Å². The zero-order chi connectivity index (χ0) is 15.2. The number of benzene rings is 1. The Morgan fingerprint density at radius 2 is 2.24 bits per heavy atom. The van der Waals surface area contributed by atoms with Gasteiger partial charge in [-0.15, -0.1) is 0 Å². The summed E-state index contributed by atoms with van der Waals surface area (Å²) in [6.07, 6.45) is 2.54. The largest absolute Gasteiger partial charge is 0.380 e. The SMILES string of the molecule is CCNc1cccc(N(C)CCOCC2CC2)c1[N+](=O)[O-]. The first kappa shape index (κ1) is 15.6. The first-order valence-corrected chi connectivity index (χ1v) is 7.43. The first-order valence-electron chi connectivity index (χ1n) is 7.43. The lowest BCUT2D eigenvalue weighted by atomic mass is 10.2. The molecular weight excluding hydrogens is 270 g/mol. The van der Waals surface area contributed by atoms with Gasteiger partial charge in [0.25, 0.3) is 0 Å². The van der Waals surface area contributed by atoms with Gasteiger partial charge in [-0.2, -0.15) is 0 Å². The van der Waals surface area contributed by atoms with E-state index in [1.165, 1.54) is 12.8 Å². The van der Waals surface area contributed by atoms with Crippen LogP contribution in [0, 0.1) is 16.0 Å². The summed E-state index contributed by atoms with van der Waals surface area (Å²) in [5.41, 5.74) is 1.31. The molecule has 1 saturated carbocycles. The second-order valence-electron chi connectivity index (χ2n) is 5.40. The third-order valence-electron chi connectivity index (χ3n) is 3.60. The number of rotatable bonds is 9. The van der Waals surface area contributed by atoms with Crippen molar-refractivity contribution in [2.45, 2.75) is 19.8 Å². The quantitative estimate of drug-likeness (QED) is 0.431. The van der Waals surface area contributed by atoms with E-state index < -0.39 is 0 Å². The summed E-state index contributed by atoms with van der Waals surface area (Å²) in [6, 6.07) is 5.35. The molecule has 6 heteroatoms. The Morgan fingerprint density at radius 3 is 2.86 bits per heavy atom. The summed E-state index contributed by atoms with van der Waals surface area (Å²) in [5, 5.41) is 14.4. The first-order chi connectivity index (χ1) is 10.1. The van der Waals surface area contributed by atoms with Gasteiger partial charge in [0.05, 0.1) is 11.5 Å². The van der Waals surface area contributed by atoms with Crippen LogP contribution in [-0.4, -0.2) is 38.3 Å². The second-order valence-corrected chi connectivity index (χ2v) is 5.40. The number of anilines is 2. The molecule has 0 atom stereocenters. The molecule has 0 heterocycles. The van der Waals surface area contributed by atoms with Crippen LogP contribution in [-0.2, 0) is 4.74 Å². The fraction of sp³-hybridized carbons (Fsp3) is 0.600. The van der Waals surface area contributed by atoms with E-state index in [1.807, 2.05) is 24.9 Å². The standard InChI is InChI=1S/C15H23N3O3/c1-3-16-13-5-4-6-14(15(13)18(19)20)17(2)9-10-21-11-12-7-8-12/h4-6,12,16H,3,7-11H2,1-2H3. The number of nitrogens with one attached hydrogen (secondary N) is 1. The molecule has 1 N–H and O–H groups in total. The van der Waals surface area contributed by atoms with E-state index in [2.05, 4.69) is 5.32 Å². The van der Waals surface area contributed by atoms with Crippen LogP contribution in [0.4, 0.5) is 17.1 Å². The van der Waals surface area contributed by atoms with Crippen molar-refractivity contribution in [2.75, 3.05) is 43.6 Å². The molecule has 1 aliphatic rings. The number of nitro benzene ring substituents is 1. The van der Waals surface area contributed by atoms with Crippen molar-refractivity contribution < 1.29 is 9.66 Å². The third kappa shape index (κ3) is 4.32. The molecule has 0 bridgehead atoms. The number of ether oxygens (including phenoxy) is 1. The van der Waals surface area contributed by atoms with E-state index in [9.17, 15) is 10.1 Å². The summed E-state index contributed by atoms with van der Waals surface area (Å²) < 4.78 is 5.60. The van der Waals surface area contributed by atoms with Crippen molar-refractivity contribution >= 4 is 17.1 Å². The normalized spacial score (nSPS) is 14.0. The summed E-state index contributed by atoms with van der Waals surface area (Å²) in [4.78, 5) is 12.9. The van der Waals surface area contributed by atoms with Crippen LogP contribution in [0.15, 0.2) is 18.2 Å². The summed E-state index contributed by atoms with van der Waals surface area (Å²) in [5.74, 6) is 0.738. The lowest BCUT2D eigenvalue weighted by Crippen LogP contribution is -2.24. The third-order valence-corrected chi connectivity index (χ3v) is 3.60. The number of likely N-dealkylation sites (N-methyl/N-ethyl adjacent to an activating group) is 1. The van der Waals surface area contributed by atoms with Gasteiger partial charge in [-0.1, -0.05) is 6.07 Å². The van der Waals surface area contributed by atoms with Gasteiger partial charge in [0, 0.05) is 26.7 Å². The molecule has 0 amide bonds. The molecule has 2 rings (SSSR count). The average Bonchev–Trinajstić information content (AvgIpc) is 3.27. The maximum Gasteiger partial charge on any atom is 0.315 e. The van der Waals surface area contributed by atoms with Crippen LogP contribution in [0.1, 0.15) is 19.8 Å². The summed E-state index contributed by atoms with van der Waals surface area (Å²) in [6.45, 7) is 4.62. The van der Waals surface area contributed by atoms with E-state index in [0.717, 1.165) is 12.5 Å². The zero-order valence-corrected chi connectivity index (χ0v) is 12.7. The molecule has 1 aliphatic carbocycles. The van der Waals surface area contributed by atoms with E-state index in [-0.39, 0.29) is 10.6 Å². The molecule has 1 aromatic carbocycles. The number of para-hydroxylation sites is 1. The molecule has 0 saturated heterocycles. The molecule has 21 heavy (non-hydrogen) atoms. The van der Waals surface area contributed by atoms with E-state index in [1.54, 1.807) is 12.1 Å². The fourth-order valence-corrected chi connectivity index (χ4v) is 2.22. The van der Waals surface area contributed by atoms with E-state index in [4.69, 9.17) is 4.74 Å². The van der Waals surface area contributed by atoms with Crippen LogP contribution in [0.2, 0.25) is 0 Å². The fourth-order valence-electron chi connectivity index (χ4n) is 2.22. The van der Waals surface area contributed by atoms with Crippen LogP contribution in [0.5, 0.6) is 0 Å². The van der Waals surface area contributed by atoms with Gasteiger partial charge >= 0.3 is 5.69 Å². The number of nitrogens with zero attached hydrogens (tertiary/aromatic N) is 2. The Labute approximate surface area is 125 Å². The Kier molecular flexibility index (Phi) is 5.38. The highest BCUT2D eigenvalue weighted by Crippen LogP contribution is 2.34. The maximum absolute atomic E-state index is 11.4. The molecule has 0 aliphatic heterocycles. The lowest BCUT2D eigenvalue weighted by molar-refractivity contribution is -0.383. The maximum atomic E-state index is 11.4. The van der Waals surface area contributed by atoms with Gasteiger partial charge in [-0.25, -0.2) is 0 Å². The minimum absolute atomic E-state index is 0.129. The van der Waals surface area contributed by atoms with Gasteiger partial charge in [0.1, 0.15) is 11.4 Å². The van der Waals surface area contributed by atoms with Crippen LogP contribution >= 0.6 is 0 Å². The van der Waals surface area contributed by atoms with Crippen molar-refractivity contribution in [3.8, 4) is 0 Å². The topological polar surface area (TPSA) is 67.6 Å². The smallest absolute Gasteiger partial charge is 0.315 e. The molecule has 6 nitrogen and oxygen atoms in total. The van der Waals surface area contributed by atoms with Gasteiger partial charge in [0.15, 0.2) is 0 Å². The van der Waals surface area contributed by atoms with Crippen molar-refractivity contribution in [3.05, 3.63) is 28.3 Å². The van der Waals surface area contributed by atoms with Crippen molar-refractivity contribution in [3.63, 3.8) is 0 Å². The van der Waals surface area contributed by atoms with Crippen LogP contribution < -0.4 is 10.2 Å². The predicted octanol–water partition coefficient (Wildman–Crippen LogP) is 2.89. The highest BCUT2D eigenvalue weighted by Gasteiger charge is 2.23. The molecule has 116 valence electrons. The highest BCUT2D eigenvalue weighted by molar-refractivity contribution is 5.76. The molecule has 0 spiro atoms. The zero-order valence-electron chi connectivity index (χ0n) is 12.7. The monoisotopic (exact) mass is 293 g/mol. The molecule has 0 radical (unpaired) electrons. The van der Waals surface area contributed by atoms with Crippen LogP contribution in [0.25, 0.3) is 0 Å². The summed E-state index contributed by atoms with van der Waals surface area (Å²) in [7, 11) is 1.86. The molecular formula is C15H23N3O3. The molecule has 1 aromatic rings. The van der Waals surface area contributed by atoms with E-state index in [0.29, 0.717) is 31.1 Å². The molecule has 0 unspecified atom stereocenters. The minimum Gasteiger partial charge on any atom is -0.380 e. The predicted molar refractivity (Wildman–Crippen MR) is 84.1 cm³/mol. The Hall–Kier alpha value is -1.82. The molecule has 1 fully saturated rings. The number of nitro groups is 1. The van der Waals surface area contributed by atoms with Gasteiger partial charge in [-0.3, -0.25) is 10.1 Å². The number of hydrogen-bond donors (Lipinski definition) is 1. The van der Waals surface area contributed by atoms with Crippen molar-refractivity contribution in [2.24, 2.45) is 5.92 Å². The Balaban J connectivity index is 2.01. The Bertz CT molecular complexity index is 489. The minimum atomic E-state index is -0.325. The van der Waals surface area contributed by atoms with Gasteiger partial charge in [-0.05, 0) is 37.8 Å². The number of hydrogen-bond acceptors (Lipinski definition) is 5. The average molecular weight is 293 g/mol. The van der Waals surface area contributed by atoms with Crippen LogP contribution in [0.3, 0.4) is 0 Å². The summed E-state index contributed by atoms with van der Waals surface area (Å²) >= 11 is 0. The van der Waals surface area contributed by atoms with Gasteiger partial charge in [0.2, 0.25) is 0 Å². The second kappa shape index (κ2) is 7.26. The van der Waals surface area contributed by atoms with E-state index >= 15 is 0 Å². The Morgan fingerprint density at radius 1 is 1.48 bits per heavy atom. The molecule has 0 aromatic heterocycles. The lowest BCUT2D eigenvalue weighted by Gasteiger charge is -2.20. The van der Waals surface area contributed by atoms with Gasteiger partial charge < -0.3 is 15.0 Å². The highest BCUT2D eigenvalue weighted by atomic mass is 16.6. The van der Waals surface area contributed by atoms with Crippen molar-refractivity contribution in [1.82, 2.24) is 0 Å².